The first-order valence-electron chi connectivity index (χ1n) is 11.9. The van der Waals surface area contributed by atoms with Crippen molar-refractivity contribution in [1.29, 1.82) is 0 Å². The van der Waals surface area contributed by atoms with Crippen LogP contribution < -0.4 is 0 Å². The molecule has 4 N–H and O–H groups in total. The quantitative estimate of drug-likeness (QED) is 0.450. The monoisotopic (exact) mass is 395 g/mol. The minimum atomic E-state index is -1.15. The van der Waals surface area contributed by atoms with Crippen molar-refractivity contribution < 1.29 is 20.4 Å². The van der Waals surface area contributed by atoms with Crippen molar-refractivity contribution in [2.45, 2.75) is 101 Å². The molecular formula is C23H41NO4. The van der Waals surface area contributed by atoms with Gasteiger partial charge in [0.15, 0.2) is 0 Å². The van der Waals surface area contributed by atoms with E-state index in [0.29, 0.717) is 12.0 Å². The van der Waals surface area contributed by atoms with E-state index in [1.54, 1.807) is 0 Å². The van der Waals surface area contributed by atoms with Crippen molar-refractivity contribution in [3.05, 3.63) is 0 Å². The van der Waals surface area contributed by atoms with Gasteiger partial charge in [0.2, 0.25) is 0 Å². The molecule has 0 aromatic carbocycles. The second-order valence-corrected chi connectivity index (χ2v) is 10.7. The van der Waals surface area contributed by atoms with Crippen LogP contribution in [0.3, 0.4) is 0 Å². The van der Waals surface area contributed by atoms with Gasteiger partial charge in [-0.2, -0.15) is 0 Å². The van der Waals surface area contributed by atoms with Crippen LogP contribution >= 0.6 is 0 Å². The summed E-state index contributed by atoms with van der Waals surface area (Å²) in [5.74, 6) is 3.17. The van der Waals surface area contributed by atoms with E-state index in [0.717, 1.165) is 37.1 Å². The SMILES string of the molecule is OC[C@@H]1[C@@H](O)[C@H](O)[C@@H](O)CN1CCCCCCCC12CC3CC(CC(C3)C1)C2. The summed E-state index contributed by atoms with van der Waals surface area (Å²) in [7, 11) is 0. The van der Waals surface area contributed by atoms with Gasteiger partial charge in [0.1, 0.15) is 12.2 Å². The zero-order chi connectivity index (χ0) is 19.7. The second kappa shape index (κ2) is 8.89. The number of aliphatic hydroxyl groups excluding tert-OH is 4. The van der Waals surface area contributed by atoms with Gasteiger partial charge in [-0.25, -0.2) is 0 Å². The lowest BCUT2D eigenvalue weighted by atomic mass is 9.48. The number of aliphatic hydroxyl groups is 4. The molecule has 0 aromatic rings. The molecule has 0 radical (unpaired) electrons. The van der Waals surface area contributed by atoms with Crippen LogP contribution in [0.15, 0.2) is 0 Å². The summed E-state index contributed by atoms with van der Waals surface area (Å²) in [4.78, 5) is 1.94. The van der Waals surface area contributed by atoms with Crippen LogP contribution in [0.25, 0.3) is 0 Å². The zero-order valence-corrected chi connectivity index (χ0v) is 17.4. The Bertz CT molecular complexity index is 478. The molecule has 5 heteroatoms. The topological polar surface area (TPSA) is 84.2 Å². The molecule has 0 amide bonds. The molecule has 0 unspecified atom stereocenters. The maximum Gasteiger partial charge on any atom is 0.109 e. The maximum atomic E-state index is 10.1. The minimum Gasteiger partial charge on any atom is -0.395 e. The summed E-state index contributed by atoms with van der Waals surface area (Å²) in [6.07, 6.45) is 13.6. The Labute approximate surface area is 170 Å². The lowest BCUT2D eigenvalue weighted by molar-refractivity contribution is -0.145. The Balaban J connectivity index is 1.11. The van der Waals surface area contributed by atoms with Crippen LogP contribution in [0.5, 0.6) is 0 Å². The van der Waals surface area contributed by atoms with E-state index in [4.69, 9.17) is 0 Å². The number of likely N-dealkylation sites (tertiary alicyclic amines) is 1. The van der Waals surface area contributed by atoms with Crippen LogP contribution in [0, 0.1) is 23.2 Å². The fourth-order valence-corrected chi connectivity index (χ4v) is 7.58. The smallest absolute Gasteiger partial charge is 0.109 e. The molecule has 1 saturated heterocycles. The second-order valence-electron chi connectivity index (χ2n) is 10.7. The Morgan fingerprint density at radius 1 is 0.750 bits per heavy atom. The first-order valence-corrected chi connectivity index (χ1v) is 11.9. The van der Waals surface area contributed by atoms with Crippen molar-refractivity contribution >= 4 is 0 Å². The highest BCUT2D eigenvalue weighted by atomic mass is 16.4. The van der Waals surface area contributed by atoms with E-state index in [9.17, 15) is 20.4 Å². The van der Waals surface area contributed by atoms with Crippen LogP contribution in [0.2, 0.25) is 0 Å². The number of piperidine rings is 1. The van der Waals surface area contributed by atoms with E-state index in [1.807, 2.05) is 4.90 Å². The standard InChI is InChI=1S/C23H41NO4/c25-15-19-21(27)22(28)20(26)14-24(19)7-5-3-1-2-4-6-23-11-16-8-17(12-23)10-18(9-16)13-23/h16-22,25-28H,1-15H2/t16?,17?,18?,19-,20+,21-,22-,23?/m1/s1. The summed E-state index contributed by atoms with van der Waals surface area (Å²) in [6, 6.07) is -0.463. The first kappa shape index (κ1) is 21.0. The lowest BCUT2D eigenvalue weighted by Gasteiger charge is -2.57. The molecule has 5 fully saturated rings. The van der Waals surface area contributed by atoms with Gasteiger partial charge in [-0.05, 0) is 81.1 Å². The van der Waals surface area contributed by atoms with Gasteiger partial charge < -0.3 is 20.4 Å². The molecule has 4 aliphatic carbocycles. The van der Waals surface area contributed by atoms with E-state index >= 15 is 0 Å². The third-order valence-corrected chi connectivity index (χ3v) is 8.53. The number of nitrogens with zero attached hydrogens (tertiary/aromatic N) is 1. The van der Waals surface area contributed by atoms with Crippen LogP contribution in [0.1, 0.15) is 77.0 Å². The third-order valence-electron chi connectivity index (χ3n) is 8.53. The minimum absolute atomic E-state index is 0.185. The van der Waals surface area contributed by atoms with E-state index < -0.39 is 24.4 Å². The van der Waals surface area contributed by atoms with Gasteiger partial charge in [0, 0.05) is 6.54 Å². The fourth-order valence-electron chi connectivity index (χ4n) is 7.58. The molecule has 4 saturated carbocycles. The average molecular weight is 396 g/mol. The number of hydrogen-bond donors (Lipinski definition) is 4. The molecule has 4 atom stereocenters. The van der Waals surface area contributed by atoms with Crippen molar-refractivity contribution in [3.63, 3.8) is 0 Å². The molecule has 5 nitrogen and oxygen atoms in total. The molecule has 1 heterocycles. The van der Waals surface area contributed by atoms with Gasteiger partial charge in [0.05, 0.1) is 18.8 Å². The highest BCUT2D eigenvalue weighted by Gasteiger charge is 2.50. The highest BCUT2D eigenvalue weighted by Crippen LogP contribution is 2.61. The van der Waals surface area contributed by atoms with Gasteiger partial charge in [-0.15, -0.1) is 0 Å². The largest absolute Gasteiger partial charge is 0.395 e. The molecule has 5 rings (SSSR count). The lowest BCUT2D eigenvalue weighted by Crippen LogP contribution is -2.62. The van der Waals surface area contributed by atoms with E-state index in [2.05, 4.69) is 0 Å². The Hall–Kier alpha value is -0.200. The van der Waals surface area contributed by atoms with Crippen molar-refractivity contribution in [1.82, 2.24) is 4.90 Å². The molecule has 0 aromatic heterocycles. The Morgan fingerprint density at radius 2 is 1.32 bits per heavy atom. The number of β-amino-alcohol motifs (C(OH)–C–C–N with tert-alkyl or cyclic N) is 1. The van der Waals surface area contributed by atoms with Crippen molar-refractivity contribution in [2.24, 2.45) is 23.2 Å². The fraction of sp³-hybridized carbons (Fsp3) is 1.00. The van der Waals surface area contributed by atoms with Crippen LogP contribution in [-0.2, 0) is 0 Å². The van der Waals surface area contributed by atoms with E-state index in [-0.39, 0.29) is 6.61 Å². The van der Waals surface area contributed by atoms with Gasteiger partial charge in [-0.1, -0.05) is 25.7 Å². The number of rotatable bonds is 9. The van der Waals surface area contributed by atoms with Gasteiger partial charge in [-0.3, -0.25) is 4.90 Å². The summed E-state index contributed by atoms with van der Waals surface area (Å²) in [6.45, 7) is 0.909. The van der Waals surface area contributed by atoms with Crippen molar-refractivity contribution in [3.8, 4) is 0 Å². The highest BCUT2D eigenvalue weighted by molar-refractivity contribution is 5.01. The zero-order valence-electron chi connectivity index (χ0n) is 17.4. The van der Waals surface area contributed by atoms with Crippen molar-refractivity contribution in [2.75, 3.05) is 19.7 Å². The molecule has 162 valence electrons. The molecule has 5 aliphatic rings. The van der Waals surface area contributed by atoms with Crippen LogP contribution in [0.4, 0.5) is 0 Å². The predicted molar refractivity (Wildman–Crippen MR) is 109 cm³/mol. The normalized spacial score (nSPS) is 45.6. The summed E-state index contributed by atoms with van der Waals surface area (Å²) in [5, 5.41) is 39.3. The maximum absolute atomic E-state index is 10.1. The Kier molecular flexibility index (Phi) is 6.68. The Morgan fingerprint density at radius 3 is 1.93 bits per heavy atom. The first-order chi connectivity index (χ1) is 13.5. The summed E-state index contributed by atoms with van der Waals surface area (Å²) in [5.41, 5.74) is 0.712. The molecular weight excluding hydrogens is 354 g/mol. The third kappa shape index (κ3) is 4.44. The molecule has 28 heavy (non-hydrogen) atoms. The number of hydrogen-bond acceptors (Lipinski definition) is 5. The predicted octanol–water partition coefficient (Wildman–Crippen LogP) is 2.30. The van der Waals surface area contributed by atoms with E-state index in [1.165, 1.54) is 64.2 Å². The summed E-state index contributed by atoms with van der Waals surface area (Å²) >= 11 is 0. The molecule has 4 bridgehead atoms. The average Bonchev–Trinajstić information content (AvgIpc) is 2.64. The number of unbranched alkanes of at least 4 members (excludes halogenated alkanes) is 4. The van der Waals surface area contributed by atoms with Gasteiger partial charge in [0.25, 0.3) is 0 Å². The molecule has 1 aliphatic heterocycles. The summed E-state index contributed by atoms with van der Waals surface area (Å²) < 4.78 is 0. The molecule has 0 spiro atoms. The van der Waals surface area contributed by atoms with Crippen LogP contribution in [-0.4, -0.2) is 69.4 Å². The van der Waals surface area contributed by atoms with Gasteiger partial charge >= 0.3 is 0 Å².